The van der Waals surface area contributed by atoms with Crippen molar-refractivity contribution in [2.45, 2.75) is 46.8 Å². The molecule has 2 aliphatic rings. The maximum atomic E-state index is 4.43. The van der Waals surface area contributed by atoms with E-state index in [0.717, 1.165) is 11.6 Å². The summed E-state index contributed by atoms with van der Waals surface area (Å²) in [5.74, 6) is 0. The monoisotopic (exact) mass is 369 g/mol. The Hall–Kier alpha value is -2.12. The predicted octanol–water partition coefficient (Wildman–Crippen LogP) is 5.41. The largest absolute Gasteiger partial charge is 0.0911 e. The minimum Gasteiger partial charge on any atom is -0.0911 e. The second kappa shape index (κ2) is 5.94. The third-order valence-corrected chi connectivity index (χ3v) is 7.91. The van der Waals surface area contributed by atoms with E-state index in [1.54, 1.807) is 10.8 Å². The van der Waals surface area contributed by atoms with Gasteiger partial charge in [-0.15, -0.1) is 0 Å². The lowest BCUT2D eigenvalue weighted by Gasteiger charge is -2.21. The van der Waals surface area contributed by atoms with Crippen LogP contribution >= 0.6 is 0 Å². The van der Waals surface area contributed by atoms with E-state index < -0.39 is 8.07 Å². The van der Waals surface area contributed by atoms with Crippen LogP contribution in [0.4, 0.5) is 0 Å². The lowest BCUT2D eigenvalue weighted by molar-refractivity contribution is 0.497. The lowest BCUT2D eigenvalue weighted by Crippen LogP contribution is -2.24. The molecule has 0 aromatic heterocycles. The highest BCUT2D eigenvalue weighted by Crippen LogP contribution is 2.44. The Bertz CT molecular complexity index is 1210. The Morgan fingerprint density at radius 3 is 2.33 bits per heavy atom. The zero-order valence-electron chi connectivity index (χ0n) is 17.5. The molecule has 0 aliphatic heterocycles. The molecule has 0 amide bonds. The number of hydrogen-bond donors (Lipinski definition) is 0. The first-order chi connectivity index (χ1) is 12.6. The minimum absolute atomic E-state index is 0.197. The number of hydrogen-bond acceptors (Lipinski definition) is 0. The number of fused-ring (bicyclic) bond motifs is 2. The topological polar surface area (TPSA) is 0 Å². The first kappa shape index (κ1) is 18.2. The van der Waals surface area contributed by atoms with E-state index >= 15 is 0 Å². The van der Waals surface area contributed by atoms with Crippen LogP contribution in [-0.4, -0.2) is 8.07 Å². The van der Waals surface area contributed by atoms with Crippen molar-refractivity contribution in [3.05, 3.63) is 85.2 Å². The smallest absolute Gasteiger partial charge is 0.0779 e. The molecule has 0 spiro atoms. The molecule has 0 nitrogen and oxygen atoms in total. The molecular weight excluding hydrogens is 340 g/mol. The van der Waals surface area contributed by atoms with E-state index in [1.807, 2.05) is 0 Å². The van der Waals surface area contributed by atoms with Gasteiger partial charge in [-0.25, -0.2) is 0 Å². The summed E-state index contributed by atoms with van der Waals surface area (Å²) >= 11 is 0. The highest BCUT2D eigenvalue weighted by molar-refractivity contribution is 6.84. The zero-order chi connectivity index (χ0) is 19.6. The van der Waals surface area contributed by atoms with Gasteiger partial charge < -0.3 is 0 Å². The van der Waals surface area contributed by atoms with E-state index in [4.69, 9.17) is 0 Å². The fraction of sp³-hybridized carbons (Fsp3) is 0.308. The number of benzene rings is 2. The fourth-order valence-electron chi connectivity index (χ4n) is 4.28. The molecule has 0 N–H and O–H groups in total. The van der Waals surface area contributed by atoms with Crippen LogP contribution < -0.4 is 10.4 Å². The van der Waals surface area contributed by atoms with Crippen LogP contribution in [0.2, 0.25) is 19.6 Å². The second-order valence-corrected chi connectivity index (χ2v) is 15.0. The van der Waals surface area contributed by atoms with Crippen molar-refractivity contribution in [1.82, 2.24) is 0 Å². The fourth-order valence-corrected chi connectivity index (χ4v) is 6.00. The Labute approximate surface area is 164 Å². The van der Waals surface area contributed by atoms with E-state index in [2.05, 4.69) is 95.5 Å². The second-order valence-electron chi connectivity index (χ2n) is 9.93. The van der Waals surface area contributed by atoms with E-state index in [9.17, 15) is 0 Å². The molecule has 2 aromatic rings. The Morgan fingerprint density at radius 2 is 1.67 bits per heavy atom. The van der Waals surface area contributed by atoms with E-state index in [-0.39, 0.29) is 5.41 Å². The van der Waals surface area contributed by atoms with Crippen molar-refractivity contribution < 1.29 is 0 Å². The number of allylic oxidation sites excluding steroid dienone is 4. The molecule has 0 heterocycles. The Morgan fingerprint density at radius 1 is 0.963 bits per heavy atom. The first-order valence-corrected chi connectivity index (χ1v) is 13.4. The van der Waals surface area contributed by atoms with Gasteiger partial charge in [-0.3, -0.25) is 0 Å². The molecule has 1 radical (unpaired) electrons. The molecule has 27 heavy (non-hydrogen) atoms. The molecule has 0 saturated carbocycles. The van der Waals surface area contributed by atoms with Crippen molar-refractivity contribution >= 4 is 26.3 Å². The standard InChI is InChI=1S/C26H29Si/c1-17-12-13-21-20-11-9-8-10-18(20)14-22(21)25(17)23-15-19(26(2,3)4)16-24(23)27(5,6)7/h8-13,16H,1,15H2,2-7H3. The molecule has 137 valence electrons. The maximum Gasteiger partial charge on any atom is 0.0779 e. The van der Waals surface area contributed by atoms with E-state index in [0.29, 0.717) is 0 Å². The Balaban J connectivity index is 2.03. The zero-order valence-corrected chi connectivity index (χ0v) is 18.5. The molecule has 1 heteroatoms. The van der Waals surface area contributed by atoms with Crippen molar-refractivity contribution in [1.29, 1.82) is 0 Å². The molecule has 0 atom stereocenters. The van der Waals surface area contributed by atoms with Crippen LogP contribution in [0.5, 0.6) is 0 Å². The molecule has 0 bridgehead atoms. The summed E-state index contributed by atoms with van der Waals surface area (Å²) < 4.78 is 0. The summed E-state index contributed by atoms with van der Waals surface area (Å²) in [6.45, 7) is 18.8. The molecule has 2 aromatic carbocycles. The molecule has 0 saturated heterocycles. The lowest BCUT2D eigenvalue weighted by atomic mass is 9.83. The molecule has 0 fully saturated rings. The van der Waals surface area contributed by atoms with Gasteiger partial charge in [0.2, 0.25) is 0 Å². The van der Waals surface area contributed by atoms with Crippen LogP contribution in [0.1, 0.15) is 38.3 Å². The summed E-state index contributed by atoms with van der Waals surface area (Å²) in [7, 11) is -1.48. The van der Waals surface area contributed by atoms with Gasteiger partial charge in [0.1, 0.15) is 0 Å². The quantitative estimate of drug-likeness (QED) is 0.530. The maximum absolute atomic E-state index is 4.43. The summed E-state index contributed by atoms with van der Waals surface area (Å²) in [4.78, 5) is 0. The van der Waals surface area contributed by atoms with Crippen LogP contribution in [0.15, 0.2) is 53.2 Å². The summed E-state index contributed by atoms with van der Waals surface area (Å²) in [6.07, 6.45) is 7.27. The highest BCUT2D eigenvalue weighted by atomic mass is 28.3. The molecular formula is C26H29Si. The van der Waals surface area contributed by atoms with Crippen molar-refractivity contribution in [3.8, 4) is 0 Å². The predicted molar refractivity (Wildman–Crippen MR) is 120 cm³/mol. The van der Waals surface area contributed by atoms with Crippen molar-refractivity contribution in [3.63, 3.8) is 0 Å². The average Bonchev–Trinajstić information content (AvgIpc) is 3.15. The minimum atomic E-state index is -1.48. The SMILES string of the molecule is C=c1ccc2c(c1C1=C([Si](C)(C)C)C=C(C(C)(C)C)C1)[C]=c1ccccc1=2. The van der Waals surface area contributed by atoms with Gasteiger partial charge in [0.25, 0.3) is 0 Å². The average molecular weight is 370 g/mol. The third-order valence-electron chi connectivity index (χ3n) is 5.85. The van der Waals surface area contributed by atoms with Crippen LogP contribution in [0, 0.1) is 15.9 Å². The number of rotatable bonds is 2. The molecule has 2 aliphatic carbocycles. The van der Waals surface area contributed by atoms with Gasteiger partial charge in [0.15, 0.2) is 0 Å². The van der Waals surface area contributed by atoms with Crippen LogP contribution in [0.3, 0.4) is 0 Å². The molecule has 0 unspecified atom stereocenters. The summed E-state index contributed by atoms with van der Waals surface area (Å²) in [6, 6.07) is 13.0. The van der Waals surface area contributed by atoms with Gasteiger partial charge in [-0.05, 0) is 55.5 Å². The molecule has 4 rings (SSSR count). The normalized spacial score (nSPS) is 16.1. The van der Waals surface area contributed by atoms with Crippen molar-refractivity contribution in [2.75, 3.05) is 0 Å². The van der Waals surface area contributed by atoms with E-state index in [1.165, 1.54) is 32.4 Å². The van der Waals surface area contributed by atoms with Gasteiger partial charge in [0.05, 0.1) is 8.07 Å². The van der Waals surface area contributed by atoms with Gasteiger partial charge in [-0.1, -0.05) is 100 Å². The van der Waals surface area contributed by atoms with Gasteiger partial charge >= 0.3 is 0 Å². The van der Waals surface area contributed by atoms with Crippen LogP contribution in [0.25, 0.3) is 18.2 Å². The highest BCUT2D eigenvalue weighted by Gasteiger charge is 2.32. The van der Waals surface area contributed by atoms with Gasteiger partial charge in [-0.2, -0.15) is 0 Å². The van der Waals surface area contributed by atoms with Crippen molar-refractivity contribution in [2.24, 2.45) is 5.41 Å². The Kier molecular flexibility index (Phi) is 4.01. The van der Waals surface area contributed by atoms with Crippen LogP contribution in [-0.2, 0) is 0 Å². The first-order valence-electron chi connectivity index (χ1n) is 9.88. The van der Waals surface area contributed by atoms with Gasteiger partial charge in [0, 0.05) is 0 Å². The summed E-state index contributed by atoms with van der Waals surface area (Å²) in [5, 5.41) is 6.52. The summed E-state index contributed by atoms with van der Waals surface area (Å²) in [5.41, 5.74) is 5.82. The third kappa shape index (κ3) is 2.98.